The summed E-state index contributed by atoms with van der Waals surface area (Å²) in [6.07, 6.45) is -5.64. The first-order chi connectivity index (χ1) is 10.3. The molecule has 1 aliphatic heterocycles. The Labute approximate surface area is 123 Å². The minimum Gasteiger partial charge on any atom is -0.351 e. The summed E-state index contributed by atoms with van der Waals surface area (Å²) in [6.45, 7) is 0.850. The summed E-state index contributed by atoms with van der Waals surface area (Å²) in [7, 11) is 0. The minimum atomic E-state index is -4.58. The van der Waals surface area contributed by atoms with Crippen LogP contribution in [0.3, 0.4) is 0 Å². The highest BCUT2D eigenvalue weighted by molar-refractivity contribution is 5.77. The summed E-state index contributed by atoms with van der Waals surface area (Å²) >= 11 is 0. The molecule has 2 rings (SSSR count). The second-order valence-electron chi connectivity index (χ2n) is 5.24. The van der Waals surface area contributed by atoms with Gasteiger partial charge in [-0.25, -0.2) is 8.78 Å². The molecule has 1 heterocycles. The lowest BCUT2D eigenvalue weighted by Gasteiger charge is -2.33. The van der Waals surface area contributed by atoms with Crippen LogP contribution in [0.25, 0.3) is 0 Å². The molecule has 2 atom stereocenters. The molecule has 22 heavy (non-hydrogen) atoms. The quantitative estimate of drug-likeness (QED) is 0.840. The largest absolute Gasteiger partial charge is 0.397 e. The first-order valence-corrected chi connectivity index (χ1v) is 6.78. The van der Waals surface area contributed by atoms with Crippen LogP contribution in [0.4, 0.5) is 22.0 Å². The highest BCUT2D eigenvalue weighted by Crippen LogP contribution is 2.27. The van der Waals surface area contributed by atoms with E-state index in [2.05, 4.69) is 10.6 Å². The number of piperidine rings is 1. The number of hydrogen-bond donors (Lipinski definition) is 2. The third-order valence-electron chi connectivity index (χ3n) is 3.56. The number of carbonyl (C=O) groups is 1. The van der Waals surface area contributed by atoms with E-state index in [-0.39, 0.29) is 12.5 Å². The van der Waals surface area contributed by atoms with Crippen molar-refractivity contribution in [2.45, 2.75) is 31.0 Å². The van der Waals surface area contributed by atoms with Crippen molar-refractivity contribution in [3.63, 3.8) is 0 Å². The molecule has 8 heteroatoms. The Bertz CT molecular complexity index is 547. The zero-order chi connectivity index (χ0) is 16.3. The number of halogens is 5. The summed E-state index contributed by atoms with van der Waals surface area (Å²) in [5.41, 5.74) is 0.456. The predicted molar refractivity (Wildman–Crippen MR) is 69.2 cm³/mol. The molecular formula is C14H15F5N2O. The maximum atomic E-state index is 13.3. The van der Waals surface area contributed by atoms with Crippen LogP contribution >= 0.6 is 0 Å². The molecule has 1 aromatic rings. The van der Waals surface area contributed by atoms with Crippen LogP contribution in [0.1, 0.15) is 24.3 Å². The third kappa shape index (κ3) is 4.40. The average molecular weight is 322 g/mol. The van der Waals surface area contributed by atoms with Gasteiger partial charge in [-0.15, -0.1) is 0 Å². The van der Waals surface area contributed by atoms with Crippen molar-refractivity contribution in [2.75, 3.05) is 13.1 Å². The van der Waals surface area contributed by atoms with Crippen LogP contribution in [0, 0.1) is 11.6 Å². The van der Waals surface area contributed by atoms with E-state index < -0.39 is 36.2 Å². The first kappa shape index (κ1) is 16.7. The summed E-state index contributed by atoms with van der Waals surface area (Å²) in [5.74, 6) is -3.51. The molecule has 0 spiro atoms. The maximum absolute atomic E-state index is 13.3. The zero-order valence-electron chi connectivity index (χ0n) is 11.5. The van der Waals surface area contributed by atoms with E-state index in [4.69, 9.17) is 0 Å². The number of benzene rings is 1. The van der Waals surface area contributed by atoms with Crippen molar-refractivity contribution < 1.29 is 26.7 Å². The maximum Gasteiger partial charge on any atom is 0.397 e. The van der Waals surface area contributed by atoms with Gasteiger partial charge in [0.15, 0.2) is 11.6 Å². The molecule has 2 unspecified atom stereocenters. The zero-order valence-corrected chi connectivity index (χ0v) is 11.5. The van der Waals surface area contributed by atoms with Gasteiger partial charge in [-0.1, -0.05) is 6.07 Å². The van der Waals surface area contributed by atoms with Gasteiger partial charge >= 0.3 is 6.18 Å². The molecular weight excluding hydrogens is 307 g/mol. The summed E-state index contributed by atoms with van der Waals surface area (Å²) in [4.78, 5) is 11.4. The number of alkyl halides is 3. The van der Waals surface area contributed by atoms with Crippen molar-refractivity contribution in [3.8, 4) is 0 Å². The monoisotopic (exact) mass is 322 g/mol. The van der Waals surface area contributed by atoms with Crippen molar-refractivity contribution in [1.82, 2.24) is 10.6 Å². The first-order valence-electron chi connectivity index (χ1n) is 6.78. The van der Waals surface area contributed by atoms with E-state index in [0.29, 0.717) is 18.5 Å². The van der Waals surface area contributed by atoms with Gasteiger partial charge < -0.3 is 10.6 Å². The Morgan fingerprint density at radius 1 is 1.27 bits per heavy atom. The molecule has 2 N–H and O–H groups in total. The summed E-state index contributed by atoms with van der Waals surface area (Å²) < 4.78 is 62.9. The molecule has 1 amide bonds. The lowest BCUT2D eigenvalue weighted by atomic mass is 9.86. The van der Waals surface area contributed by atoms with Gasteiger partial charge in [0.2, 0.25) is 5.91 Å². The Kier molecular flexibility index (Phi) is 5.00. The van der Waals surface area contributed by atoms with E-state index in [0.717, 1.165) is 12.1 Å². The van der Waals surface area contributed by atoms with E-state index in [1.54, 1.807) is 0 Å². The van der Waals surface area contributed by atoms with Crippen molar-refractivity contribution in [3.05, 3.63) is 35.4 Å². The fourth-order valence-electron chi connectivity index (χ4n) is 2.59. The number of carbonyl (C=O) groups excluding carboxylic acids is 1. The Morgan fingerprint density at radius 3 is 2.64 bits per heavy atom. The highest BCUT2D eigenvalue weighted by Gasteiger charge is 2.34. The number of nitrogens with one attached hydrogen (secondary N) is 2. The molecule has 1 fully saturated rings. The fourth-order valence-corrected chi connectivity index (χ4v) is 2.59. The summed E-state index contributed by atoms with van der Waals surface area (Å²) in [5, 5.41) is 5.29. The van der Waals surface area contributed by atoms with Gasteiger partial charge in [-0.3, -0.25) is 4.79 Å². The van der Waals surface area contributed by atoms with Crippen LogP contribution in [0.5, 0.6) is 0 Å². The Hall–Kier alpha value is -1.70. The molecule has 122 valence electrons. The molecule has 1 aromatic carbocycles. The Morgan fingerprint density at radius 2 is 2.00 bits per heavy atom. The lowest BCUT2D eigenvalue weighted by Crippen LogP contribution is -2.50. The number of amides is 1. The smallest absolute Gasteiger partial charge is 0.351 e. The molecule has 0 bridgehead atoms. The van der Waals surface area contributed by atoms with Gasteiger partial charge in [0.1, 0.15) is 6.42 Å². The highest BCUT2D eigenvalue weighted by atomic mass is 19.4. The normalized spacial score (nSPS) is 22.4. The van der Waals surface area contributed by atoms with Crippen LogP contribution in [-0.4, -0.2) is 31.2 Å². The molecule has 1 saturated heterocycles. The summed E-state index contributed by atoms with van der Waals surface area (Å²) in [6, 6.07) is 2.78. The second-order valence-corrected chi connectivity index (χ2v) is 5.24. The predicted octanol–water partition coefficient (Wildman–Crippen LogP) is 2.48. The van der Waals surface area contributed by atoms with Gasteiger partial charge in [0.05, 0.1) is 0 Å². The van der Waals surface area contributed by atoms with Gasteiger partial charge in [0.25, 0.3) is 0 Å². The topological polar surface area (TPSA) is 41.1 Å². The molecule has 0 aromatic heterocycles. The second kappa shape index (κ2) is 6.60. The number of rotatable bonds is 3. The van der Waals surface area contributed by atoms with Crippen LogP contribution in [-0.2, 0) is 4.79 Å². The SMILES string of the molecule is O=C(CC(F)(F)F)NC1CNCCC1c1ccc(F)c(F)c1. The third-order valence-corrected chi connectivity index (χ3v) is 3.56. The average Bonchev–Trinajstić information content (AvgIpc) is 2.40. The van der Waals surface area contributed by atoms with Crippen LogP contribution in [0.2, 0.25) is 0 Å². The Balaban J connectivity index is 2.11. The minimum absolute atomic E-state index is 0.271. The van der Waals surface area contributed by atoms with Crippen LogP contribution < -0.4 is 10.6 Å². The van der Waals surface area contributed by atoms with E-state index in [9.17, 15) is 26.7 Å². The van der Waals surface area contributed by atoms with E-state index in [1.165, 1.54) is 6.07 Å². The lowest BCUT2D eigenvalue weighted by molar-refractivity contribution is -0.154. The van der Waals surface area contributed by atoms with Gasteiger partial charge in [0, 0.05) is 18.5 Å². The van der Waals surface area contributed by atoms with Crippen molar-refractivity contribution in [2.24, 2.45) is 0 Å². The van der Waals surface area contributed by atoms with E-state index >= 15 is 0 Å². The fraction of sp³-hybridized carbons (Fsp3) is 0.500. The molecule has 0 aliphatic carbocycles. The number of hydrogen-bond acceptors (Lipinski definition) is 2. The molecule has 0 saturated carbocycles. The standard InChI is InChI=1S/C14H15F5N2O/c15-10-2-1-8(5-11(10)16)9-3-4-20-7-12(9)21-13(22)6-14(17,18)19/h1-2,5,9,12,20H,3-4,6-7H2,(H,21,22). The molecule has 3 nitrogen and oxygen atoms in total. The molecule has 0 radical (unpaired) electrons. The van der Waals surface area contributed by atoms with Crippen molar-refractivity contribution in [1.29, 1.82) is 0 Å². The van der Waals surface area contributed by atoms with E-state index in [1.807, 2.05) is 0 Å². The molecule has 1 aliphatic rings. The van der Waals surface area contributed by atoms with Crippen LogP contribution in [0.15, 0.2) is 18.2 Å². The van der Waals surface area contributed by atoms with Gasteiger partial charge in [-0.05, 0) is 30.7 Å². The van der Waals surface area contributed by atoms with Gasteiger partial charge in [-0.2, -0.15) is 13.2 Å². The van der Waals surface area contributed by atoms with Crippen molar-refractivity contribution >= 4 is 5.91 Å².